The van der Waals surface area contributed by atoms with Gasteiger partial charge in [-0.3, -0.25) is 4.79 Å². The molecule has 4 rings (SSSR count). The van der Waals surface area contributed by atoms with Crippen molar-refractivity contribution in [2.45, 2.75) is 13.0 Å². The van der Waals surface area contributed by atoms with E-state index in [1.807, 2.05) is 24.3 Å². The van der Waals surface area contributed by atoms with Crippen molar-refractivity contribution in [3.63, 3.8) is 0 Å². The second-order valence-corrected chi connectivity index (χ2v) is 7.46. The van der Waals surface area contributed by atoms with Gasteiger partial charge in [-0.25, -0.2) is 0 Å². The number of nitrogens with zero attached hydrogens (tertiary/aromatic N) is 4. The zero-order valence-corrected chi connectivity index (χ0v) is 18.2. The Kier molecular flexibility index (Phi) is 6.04. The van der Waals surface area contributed by atoms with Gasteiger partial charge in [0.05, 0.1) is 25.6 Å². The molecule has 0 radical (unpaired) electrons. The van der Waals surface area contributed by atoms with Gasteiger partial charge >= 0.3 is 0 Å². The number of methoxy groups -OCH3 is 2. The van der Waals surface area contributed by atoms with Crippen LogP contribution in [-0.4, -0.2) is 53.8 Å². The van der Waals surface area contributed by atoms with E-state index >= 15 is 0 Å². The highest BCUT2D eigenvalue weighted by Gasteiger charge is 2.19. The summed E-state index contributed by atoms with van der Waals surface area (Å²) in [7, 11) is 5.27. The summed E-state index contributed by atoms with van der Waals surface area (Å²) in [6.07, 6.45) is 0.935. The monoisotopic (exact) mass is 435 g/mol. The fourth-order valence-electron chi connectivity index (χ4n) is 3.62. The highest BCUT2D eigenvalue weighted by molar-refractivity contribution is 5.96. The average Bonchev–Trinajstić information content (AvgIpc) is 2.79. The minimum absolute atomic E-state index is 0.0816. The smallest absolute Gasteiger partial charge is 0.273 e. The van der Waals surface area contributed by atoms with Crippen LogP contribution in [0.1, 0.15) is 21.6 Å². The number of aromatic nitrogens is 3. The highest BCUT2D eigenvalue weighted by atomic mass is 16.5. The molecule has 1 amide bonds. The summed E-state index contributed by atoms with van der Waals surface area (Å²) in [6, 6.07) is 11.3. The van der Waals surface area contributed by atoms with Crippen LogP contribution < -0.4 is 25.8 Å². The molecule has 10 nitrogen and oxygen atoms in total. The Bertz CT molecular complexity index is 1150. The maximum Gasteiger partial charge on any atom is 0.273 e. The van der Waals surface area contributed by atoms with E-state index in [0.29, 0.717) is 22.9 Å². The lowest BCUT2D eigenvalue weighted by Gasteiger charge is -2.26. The largest absolute Gasteiger partial charge is 0.495 e. The van der Waals surface area contributed by atoms with Gasteiger partial charge in [-0.15, -0.1) is 10.2 Å². The Morgan fingerprint density at radius 1 is 1.03 bits per heavy atom. The molecule has 0 saturated heterocycles. The van der Waals surface area contributed by atoms with Crippen molar-refractivity contribution in [2.75, 3.05) is 38.4 Å². The summed E-state index contributed by atoms with van der Waals surface area (Å²) in [5, 5.41) is 14.2. The number of para-hydroxylation sites is 2. The van der Waals surface area contributed by atoms with Gasteiger partial charge in [0, 0.05) is 13.1 Å². The number of anilines is 4. The van der Waals surface area contributed by atoms with E-state index in [9.17, 15) is 4.79 Å². The SMILES string of the molecule is COc1cc2c(cc1Nc1nnc(C(N)=O)c(Nc3ccccc3OC)n1)CCN(C)C2. The molecule has 1 aliphatic heterocycles. The van der Waals surface area contributed by atoms with Crippen molar-refractivity contribution >= 4 is 29.0 Å². The third-order valence-corrected chi connectivity index (χ3v) is 5.25. The molecular weight excluding hydrogens is 410 g/mol. The number of nitrogens with one attached hydrogen (secondary N) is 2. The van der Waals surface area contributed by atoms with Gasteiger partial charge in [-0.1, -0.05) is 12.1 Å². The molecule has 0 spiro atoms. The second-order valence-electron chi connectivity index (χ2n) is 7.46. The van der Waals surface area contributed by atoms with Gasteiger partial charge < -0.3 is 30.7 Å². The number of likely N-dealkylation sites (N-methyl/N-ethyl adjacent to an activating group) is 1. The van der Waals surface area contributed by atoms with Crippen LogP contribution in [-0.2, 0) is 13.0 Å². The molecule has 10 heteroatoms. The van der Waals surface area contributed by atoms with Gasteiger partial charge in [-0.2, -0.15) is 4.98 Å². The zero-order chi connectivity index (χ0) is 22.7. The molecule has 0 fully saturated rings. The fraction of sp³-hybridized carbons (Fsp3) is 0.273. The maximum atomic E-state index is 11.9. The summed E-state index contributed by atoms with van der Waals surface area (Å²) >= 11 is 0. The quantitative estimate of drug-likeness (QED) is 0.513. The number of benzene rings is 2. The minimum Gasteiger partial charge on any atom is -0.495 e. The number of carbonyl (C=O) groups excluding carboxylic acids is 1. The lowest BCUT2D eigenvalue weighted by molar-refractivity contribution is 0.0995. The van der Waals surface area contributed by atoms with E-state index < -0.39 is 5.91 Å². The van der Waals surface area contributed by atoms with Crippen LogP contribution in [0.4, 0.5) is 23.1 Å². The number of carbonyl (C=O) groups is 1. The van der Waals surface area contributed by atoms with Crippen molar-refractivity contribution in [3.05, 3.63) is 53.2 Å². The van der Waals surface area contributed by atoms with Gasteiger partial charge in [0.1, 0.15) is 11.5 Å². The Hall–Kier alpha value is -3.92. The number of hydrogen-bond donors (Lipinski definition) is 3. The first-order valence-corrected chi connectivity index (χ1v) is 10.1. The number of ether oxygens (including phenoxy) is 2. The van der Waals surface area contributed by atoms with Crippen molar-refractivity contribution in [2.24, 2.45) is 5.73 Å². The molecule has 1 aliphatic rings. The van der Waals surface area contributed by atoms with Crippen LogP contribution in [0, 0.1) is 0 Å². The summed E-state index contributed by atoms with van der Waals surface area (Å²) < 4.78 is 10.9. The number of amides is 1. The molecule has 0 aliphatic carbocycles. The van der Waals surface area contributed by atoms with Crippen molar-refractivity contribution < 1.29 is 14.3 Å². The second kappa shape index (κ2) is 9.06. The van der Waals surface area contributed by atoms with Crippen molar-refractivity contribution in [1.82, 2.24) is 20.1 Å². The van der Waals surface area contributed by atoms with Crippen LogP contribution >= 0.6 is 0 Å². The van der Waals surface area contributed by atoms with E-state index in [1.165, 1.54) is 11.1 Å². The summed E-state index contributed by atoms with van der Waals surface area (Å²) in [6.45, 7) is 1.85. The molecule has 0 unspecified atom stereocenters. The van der Waals surface area contributed by atoms with E-state index in [4.69, 9.17) is 15.2 Å². The Labute approximate surface area is 185 Å². The summed E-state index contributed by atoms with van der Waals surface area (Å²) in [4.78, 5) is 18.6. The van der Waals surface area contributed by atoms with Crippen molar-refractivity contribution in [1.29, 1.82) is 0 Å². The molecule has 166 valence electrons. The van der Waals surface area contributed by atoms with E-state index in [2.05, 4.69) is 37.8 Å². The first kappa shape index (κ1) is 21.3. The first-order valence-electron chi connectivity index (χ1n) is 10.1. The van der Waals surface area contributed by atoms with Gasteiger partial charge in [0.25, 0.3) is 5.91 Å². The molecule has 2 aromatic carbocycles. The molecule has 1 aromatic heterocycles. The predicted octanol–water partition coefficient (Wildman–Crippen LogP) is 2.46. The lowest BCUT2D eigenvalue weighted by atomic mass is 9.99. The summed E-state index contributed by atoms with van der Waals surface area (Å²) in [5.74, 6) is 0.860. The number of primary amides is 1. The van der Waals surface area contributed by atoms with Crippen LogP contribution in [0.2, 0.25) is 0 Å². The lowest BCUT2D eigenvalue weighted by Crippen LogP contribution is -2.26. The van der Waals surface area contributed by atoms with Crippen LogP contribution in [0.5, 0.6) is 11.5 Å². The molecule has 0 bridgehead atoms. The Morgan fingerprint density at radius 3 is 2.56 bits per heavy atom. The van der Waals surface area contributed by atoms with Gasteiger partial charge in [0.15, 0.2) is 11.5 Å². The molecule has 4 N–H and O–H groups in total. The minimum atomic E-state index is -0.746. The standard InChI is InChI=1S/C22H25N7O3/c1-29-9-8-13-10-16(18(32-3)11-14(13)12-29)25-22-26-21(19(20(23)30)27-28-22)24-15-6-4-5-7-17(15)31-2/h4-7,10-11H,8-9,12H2,1-3H3,(H2,23,30)(H2,24,25,26,28). The topological polar surface area (TPSA) is 128 Å². The number of nitrogens with two attached hydrogens (primary N) is 1. The maximum absolute atomic E-state index is 11.9. The average molecular weight is 435 g/mol. The van der Waals surface area contributed by atoms with E-state index in [1.54, 1.807) is 26.4 Å². The molecule has 0 saturated carbocycles. The molecule has 0 atom stereocenters. The predicted molar refractivity (Wildman–Crippen MR) is 121 cm³/mol. The first-order chi connectivity index (χ1) is 15.5. The van der Waals surface area contributed by atoms with Gasteiger partial charge in [0.2, 0.25) is 5.95 Å². The van der Waals surface area contributed by atoms with E-state index in [0.717, 1.165) is 19.5 Å². The highest BCUT2D eigenvalue weighted by Crippen LogP contribution is 2.33. The van der Waals surface area contributed by atoms with E-state index in [-0.39, 0.29) is 17.5 Å². The fourth-order valence-corrected chi connectivity index (χ4v) is 3.62. The third-order valence-electron chi connectivity index (χ3n) is 5.25. The molecule has 32 heavy (non-hydrogen) atoms. The Morgan fingerprint density at radius 2 is 1.81 bits per heavy atom. The summed E-state index contributed by atoms with van der Waals surface area (Å²) in [5.41, 5.74) is 9.18. The third kappa shape index (κ3) is 4.40. The molecular formula is C22H25N7O3. The molecule has 2 heterocycles. The number of rotatable bonds is 7. The normalized spacial score (nSPS) is 13.2. The van der Waals surface area contributed by atoms with Crippen LogP contribution in [0.25, 0.3) is 0 Å². The van der Waals surface area contributed by atoms with Crippen molar-refractivity contribution in [3.8, 4) is 11.5 Å². The Balaban J connectivity index is 1.68. The zero-order valence-electron chi connectivity index (χ0n) is 18.2. The number of fused-ring (bicyclic) bond motifs is 1. The van der Waals surface area contributed by atoms with Gasteiger partial charge in [-0.05, 0) is 48.9 Å². The number of hydrogen-bond acceptors (Lipinski definition) is 9. The molecule has 3 aromatic rings. The van der Waals surface area contributed by atoms with Crippen LogP contribution in [0.15, 0.2) is 36.4 Å². The van der Waals surface area contributed by atoms with Crippen LogP contribution in [0.3, 0.4) is 0 Å².